The molecule has 29 heavy (non-hydrogen) atoms. The molecule has 2 aromatic rings. The van der Waals surface area contributed by atoms with E-state index in [0.717, 1.165) is 29.6 Å². The number of rotatable bonds is 5. The predicted octanol–water partition coefficient (Wildman–Crippen LogP) is 3.11. The largest absolute Gasteiger partial charge is 0.495 e. The van der Waals surface area contributed by atoms with E-state index in [2.05, 4.69) is 4.90 Å². The molecule has 0 unspecified atom stereocenters. The first-order chi connectivity index (χ1) is 13.4. The summed E-state index contributed by atoms with van der Waals surface area (Å²) in [6, 6.07) is 10.5. The van der Waals surface area contributed by atoms with Crippen molar-refractivity contribution in [3.8, 4) is 5.75 Å². The fourth-order valence-corrected chi connectivity index (χ4v) is 3.15. The van der Waals surface area contributed by atoms with Gasteiger partial charge in [-0.3, -0.25) is 25.0 Å². The lowest BCUT2D eigenvalue weighted by molar-refractivity contribution is -0.394. The molecule has 0 atom stereocenters. The summed E-state index contributed by atoms with van der Waals surface area (Å²) in [5.74, 6) is 0.267. The number of anilines is 1. The van der Waals surface area contributed by atoms with Crippen molar-refractivity contribution < 1.29 is 19.4 Å². The molecule has 154 valence electrons. The number of non-ortho nitro benzene ring substituents is 2. The van der Waals surface area contributed by atoms with Crippen molar-refractivity contribution >= 4 is 23.0 Å². The van der Waals surface area contributed by atoms with E-state index in [1.807, 2.05) is 24.3 Å². The minimum absolute atomic E-state index is 0. The smallest absolute Gasteiger partial charge is 0.277 e. The number of benzene rings is 2. The number of nitro benzene ring substituents is 2. The van der Waals surface area contributed by atoms with Crippen molar-refractivity contribution in [3.63, 3.8) is 0 Å². The summed E-state index contributed by atoms with van der Waals surface area (Å²) in [6.45, 7) is 1.85. The molecule has 2 aromatic carbocycles. The van der Waals surface area contributed by atoms with Gasteiger partial charge in [0.15, 0.2) is 0 Å². The van der Waals surface area contributed by atoms with Gasteiger partial charge in [-0.2, -0.15) is 0 Å². The summed E-state index contributed by atoms with van der Waals surface area (Å²) >= 11 is 0. The van der Waals surface area contributed by atoms with Gasteiger partial charge >= 0.3 is 0 Å². The van der Waals surface area contributed by atoms with Crippen LogP contribution in [0.2, 0.25) is 0 Å². The zero-order valence-electron chi connectivity index (χ0n) is 15.1. The van der Waals surface area contributed by atoms with Crippen molar-refractivity contribution in [2.24, 2.45) is 0 Å². The summed E-state index contributed by atoms with van der Waals surface area (Å²) in [5.41, 5.74) is -0.106. The van der Waals surface area contributed by atoms with E-state index in [1.165, 1.54) is 4.90 Å². The third-order valence-corrected chi connectivity index (χ3v) is 4.56. The SMILES string of the molecule is C.COc1ccccc1N1CCN(C(=O)c2cc([N+](=O)[O-])cc([N+](=O)[O-])c2)CC1. The number of piperazine rings is 1. The molecular formula is C19H22N4O6. The lowest BCUT2D eigenvalue weighted by atomic mass is 10.1. The minimum atomic E-state index is -0.747. The predicted molar refractivity (Wildman–Crippen MR) is 108 cm³/mol. The first-order valence-corrected chi connectivity index (χ1v) is 8.52. The second-order valence-electron chi connectivity index (χ2n) is 6.20. The molecule has 10 nitrogen and oxygen atoms in total. The average molecular weight is 402 g/mol. The summed E-state index contributed by atoms with van der Waals surface area (Å²) in [4.78, 5) is 36.9. The van der Waals surface area contributed by atoms with E-state index in [1.54, 1.807) is 7.11 Å². The first kappa shape index (κ1) is 21.6. The Balaban J connectivity index is 0.00000300. The molecule has 1 saturated heterocycles. The maximum Gasteiger partial charge on any atom is 0.277 e. The molecule has 1 amide bonds. The van der Waals surface area contributed by atoms with E-state index in [0.29, 0.717) is 26.2 Å². The van der Waals surface area contributed by atoms with Gasteiger partial charge in [-0.1, -0.05) is 19.6 Å². The van der Waals surface area contributed by atoms with Gasteiger partial charge in [0.1, 0.15) is 5.75 Å². The number of carbonyl (C=O) groups excluding carboxylic acids is 1. The third-order valence-electron chi connectivity index (χ3n) is 4.56. The summed E-state index contributed by atoms with van der Waals surface area (Å²) in [5, 5.41) is 22.1. The van der Waals surface area contributed by atoms with Crippen LogP contribution in [0.25, 0.3) is 0 Å². The summed E-state index contributed by atoms with van der Waals surface area (Å²) in [7, 11) is 1.59. The van der Waals surface area contributed by atoms with Gasteiger partial charge in [-0.25, -0.2) is 0 Å². The molecule has 0 bridgehead atoms. The lowest BCUT2D eigenvalue weighted by Gasteiger charge is -2.36. The Bertz CT molecular complexity index is 892. The molecule has 1 fully saturated rings. The van der Waals surface area contributed by atoms with Gasteiger partial charge in [0.25, 0.3) is 17.3 Å². The lowest BCUT2D eigenvalue weighted by Crippen LogP contribution is -2.48. The van der Waals surface area contributed by atoms with Crippen LogP contribution < -0.4 is 9.64 Å². The van der Waals surface area contributed by atoms with Crippen LogP contribution in [-0.4, -0.2) is 53.9 Å². The van der Waals surface area contributed by atoms with Crippen LogP contribution in [0, 0.1) is 20.2 Å². The van der Waals surface area contributed by atoms with Crippen LogP contribution in [0.4, 0.5) is 17.1 Å². The second kappa shape index (κ2) is 9.00. The molecule has 3 rings (SSSR count). The number of nitrogens with zero attached hydrogens (tertiary/aromatic N) is 4. The molecule has 0 spiro atoms. The molecule has 0 saturated carbocycles. The maximum atomic E-state index is 12.8. The third kappa shape index (κ3) is 4.60. The molecule has 1 aliphatic rings. The maximum absolute atomic E-state index is 12.8. The zero-order valence-corrected chi connectivity index (χ0v) is 15.1. The highest BCUT2D eigenvalue weighted by Gasteiger charge is 2.26. The van der Waals surface area contributed by atoms with Gasteiger partial charge in [-0.15, -0.1) is 0 Å². The van der Waals surface area contributed by atoms with Crippen LogP contribution in [0.1, 0.15) is 17.8 Å². The number of nitro groups is 2. The first-order valence-electron chi connectivity index (χ1n) is 8.52. The van der Waals surface area contributed by atoms with Crippen LogP contribution in [0.3, 0.4) is 0 Å². The highest BCUT2D eigenvalue weighted by Crippen LogP contribution is 2.29. The Morgan fingerprint density at radius 2 is 1.52 bits per heavy atom. The number of methoxy groups -OCH3 is 1. The second-order valence-corrected chi connectivity index (χ2v) is 6.20. The van der Waals surface area contributed by atoms with Gasteiger partial charge in [-0.05, 0) is 12.1 Å². The molecule has 10 heteroatoms. The fourth-order valence-electron chi connectivity index (χ4n) is 3.15. The van der Waals surface area contributed by atoms with Crippen LogP contribution >= 0.6 is 0 Å². The topological polar surface area (TPSA) is 119 Å². The Hall–Kier alpha value is -3.69. The van der Waals surface area contributed by atoms with E-state index in [9.17, 15) is 25.0 Å². The number of hydrogen-bond acceptors (Lipinski definition) is 7. The van der Waals surface area contributed by atoms with Crippen molar-refractivity contribution in [1.82, 2.24) is 4.90 Å². The summed E-state index contributed by atoms with van der Waals surface area (Å²) in [6.07, 6.45) is 0. The van der Waals surface area contributed by atoms with E-state index in [-0.39, 0.29) is 13.0 Å². The number of amides is 1. The Kier molecular flexibility index (Phi) is 6.71. The standard InChI is InChI=1S/C18H18N4O6.CH4/c1-28-17-5-3-2-4-16(17)19-6-8-20(9-7-19)18(23)13-10-14(21(24)25)12-15(11-13)22(26)27;/h2-5,10-12H,6-9H2,1H3;1H4. The van der Waals surface area contributed by atoms with Crippen LogP contribution in [0.5, 0.6) is 5.75 Å². The van der Waals surface area contributed by atoms with E-state index < -0.39 is 27.1 Å². The quantitative estimate of drug-likeness (QED) is 0.557. The van der Waals surface area contributed by atoms with E-state index in [4.69, 9.17) is 4.74 Å². The molecular weight excluding hydrogens is 380 g/mol. The van der Waals surface area contributed by atoms with Crippen molar-refractivity contribution in [2.75, 3.05) is 38.2 Å². The fraction of sp³-hybridized carbons (Fsp3) is 0.316. The molecule has 1 aliphatic heterocycles. The highest BCUT2D eigenvalue weighted by molar-refractivity contribution is 5.95. The normalized spacial score (nSPS) is 13.4. The Morgan fingerprint density at radius 1 is 0.966 bits per heavy atom. The van der Waals surface area contributed by atoms with Crippen molar-refractivity contribution in [2.45, 2.75) is 7.43 Å². The molecule has 0 aromatic heterocycles. The average Bonchev–Trinajstić information content (AvgIpc) is 2.72. The van der Waals surface area contributed by atoms with Gasteiger partial charge < -0.3 is 14.5 Å². The van der Waals surface area contributed by atoms with Crippen LogP contribution in [-0.2, 0) is 0 Å². The van der Waals surface area contributed by atoms with Crippen molar-refractivity contribution in [3.05, 3.63) is 68.3 Å². The van der Waals surface area contributed by atoms with Gasteiger partial charge in [0.2, 0.25) is 0 Å². The molecule has 1 heterocycles. The number of para-hydroxylation sites is 2. The monoisotopic (exact) mass is 402 g/mol. The van der Waals surface area contributed by atoms with E-state index >= 15 is 0 Å². The number of hydrogen-bond donors (Lipinski definition) is 0. The minimum Gasteiger partial charge on any atom is -0.495 e. The number of ether oxygens (including phenoxy) is 1. The van der Waals surface area contributed by atoms with Crippen molar-refractivity contribution in [1.29, 1.82) is 0 Å². The zero-order chi connectivity index (χ0) is 20.3. The molecule has 0 radical (unpaired) electrons. The molecule has 0 aliphatic carbocycles. The van der Waals surface area contributed by atoms with Gasteiger partial charge in [0.05, 0.1) is 34.3 Å². The Labute approximate surface area is 167 Å². The Morgan fingerprint density at radius 3 is 2.03 bits per heavy atom. The number of carbonyl (C=O) groups is 1. The van der Waals surface area contributed by atoms with Crippen LogP contribution in [0.15, 0.2) is 42.5 Å². The van der Waals surface area contributed by atoms with Gasteiger partial charge in [0, 0.05) is 38.3 Å². The summed E-state index contributed by atoms with van der Waals surface area (Å²) < 4.78 is 5.36. The highest BCUT2D eigenvalue weighted by atomic mass is 16.6. The molecule has 0 N–H and O–H groups in total.